The standard InChI is InChI=1S/C23H23N3O4/c1-17(27)29-23(28)22(30-21-8-4-6-18-5-2-3-7-20(18)21)26-15-13-25(14-16-26)19-9-11-24-12-10-19/h2-12,22H,13-16H2,1H3. The smallest absolute Gasteiger partial charge is 0.370 e. The normalized spacial score (nSPS) is 15.6. The fourth-order valence-corrected chi connectivity index (χ4v) is 3.65. The molecule has 0 saturated carbocycles. The molecular weight excluding hydrogens is 382 g/mol. The Kier molecular flexibility index (Phi) is 5.90. The van der Waals surface area contributed by atoms with Gasteiger partial charge in [0.25, 0.3) is 6.23 Å². The summed E-state index contributed by atoms with van der Waals surface area (Å²) < 4.78 is 11.0. The largest absolute Gasteiger partial charge is 0.463 e. The van der Waals surface area contributed by atoms with Crippen molar-refractivity contribution in [1.29, 1.82) is 0 Å². The van der Waals surface area contributed by atoms with Gasteiger partial charge in [-0.1, -0.05) is 36.4 Å². The van der Waals surface area contributed by atoms with Crippen LogP contribution in [0.1, 0.15) is 6.92 Å². The molecule has 0 N–H and O–H groups in total. The Morgan fingerprint density at radius 3 is 2.37 bits per heavy atom. The Bertz CT molecular complexity index is 1030. The highest BCUT2D eigenvalue weighted by Gasteiger charge is 2.33. The highest BCUT2D eigenvalue weighted by atomic mass is 16.6. The van der Waals surface area contributed by atoms with E-state index >= 15 is 0 Å². The summed E-state index contributed by atoms with van der Waals surface area (Å²) in [6.07, 6.45) is 2.52. The van der Waals surface area contributed by atoms with Crippen LogP contribution in [-0.4, -0.2) is 54.2 Å². The number of hydrogen-bond acceptors (Lipinski definition) is 7. The molecule has 0 bridgehead atoms. The van der Waals surface area contributed by atoms with E-state index in [0.29, 0.717) is 31.9 Å². The lowest BCUT2D eigenvalue weighted by atomic mass is 10.1. The Morgan fingerprint density at radius 1 is 0.933 bits per heavy atom. The maximum absolute atomic E-state index is 12.7. The van der Waals surface area contributed by atoms with Gasteiger partial charge in [-0.05, 0) is 23.6 Å². The summed E-state index contributed by atoms with van der Waals surface area (Å²) in [5.74, 6) is -0.773. The summed E-state index contributed by atoms with van der Waals surface area (Å²) >= 11 is 0. The van der Waals surface area contributed by atoms with Crippen molar-refractivity contribution in [2.24, 2.45) is 0 Å². The zero-order valence-electron chi connectivity index (χ0n) is 16.7. The van der Waals surface area contributed by atoms with Crippen LogP contribution in [0.4, 0.5) is 5.69 Å². The fourth-order valence-electron chi connectivity index (χ4n) is 3.65. The van der Waals surface area contributed by atoms with Crippen molar-refractivity contribution in [2.45, 2.75) is 13.2 Å². The molecular formula is C23H23N3O4. The van der Waals surface area contributed by atoms with Crippen molar-refractivity contribution < 1.29 is 19.1 Å². The molecule has 1 unspecified atom stereocenters. The summed E-state index contributed by atoms with van der Waals surface area (Å²) in [7, 11) is 0. The van der Waals surface area contributed by atoms with Crippen molar-refractivity contribution in [3.63, 3.8) is 0 Å². The number of carbonyl (C=O) groups is 2. The van der Waals surface area contributed by atoms with E-state index < -0.39 is 18.2 Å². The number of rotatable bonds is 5. The molecule has 1 aliphatic rings. The summed E-state index contributed by atoms with van der Waals surface area (Å²) in [5.41, 5.74) is 1.09. The molecule has 2 heterocycles. The molecule has 30 heavy (non-hydrogen) atoms. The third-order valence-corrected chi connectivity index (χ3v) is 5.11. The van der Waals surface area contributed by atoms with Crippen molar-refractivity contribution in [3.8, 4) is 5.75 Å². The number of piperazine rings is 1. The van der Waals surface area contributed by atoms with Gasteiger partial charge < -0.3 is 14.4 Å². The second-order valence-electron chi connectivity index (χ2n) is 7.09. The highest BCUT2D eigenvalue weighted by Crippen LogP contribution is 2.27. The molecule has 154 valence electrons. The van der Waals surface area contributed by atoms with Crippen LogP contribution in [0.5, 0.6) is 5.75 Å². The van der Waals surface area contributed by atoms with Crippen LogP contribution < -0.4 is 9.64 Å². The zero-order chi connectivity index (χ0) is 20.9. The molecule has 1 aromatic heterocycles. The van der Waals surface area contributed by atoms with E-state index in [1.165, 1.54) is 6.92 Å². The van der Waals surface area contributed by atoms with Crippen LogP contribution in [0.15, 0.2) is 67.0 Å². The average molecular weight is 405 g/mol. The predicted molar refractivity (Wildman–Crippen MR) is 113 cm³/mol. The quantitative estimate of drug-likeness (QED) is 0.477. The number of carbonyl (C=O) groups excluding carboxylic acids is 2. The summed E-state index contributed by atoms with van der Waals surface area (Å²) in [5, 5.41) is 1.91. The number of esters is 2. The van der Waals surface area contributed by atoms with E-state index in [9.17, 15) is 9.59 Å². The molecule has 1 aliphatic heterocycles. The lowest BCUT2D eigenvalue weighted by molar-refractivity contribution is -0.170. The maximum atomic E-state index is 12.7. The minimum Gasteiger partial charge on any atom is -0.463 e. The van der Waals surface area contributed by atoms with Crippen LogP contribution in [-0.2, 0) is 14.3 Å². The van der Waals surface area contributed by atoms with E-state index in [1.807, 2.05) is 59.5 Å². The van der Waals surface area contributed by atoms with Gasteiger partial charge in [0, 0.05) is 56.6 Å². The minimum atomic E-state index is -1.00. The molecule has 4 rings (SSSR count). The van der Waals surface area contributed by atoms with Crippen molar-refractivity contribution >= 4 is 28.4 Å². The lowest BCUT2D eigenvalue weighted by Gasteiger charge is -2.38. The Balaban J connectivity index is 1.55. The Labute approximate surface area is 174 Å². The SMILES string of the molecule is CC(=O)OC(=O)C(Oc1cccc2ccccc12)N1CCN(c2ccncc2)CC1. The molecule has 0 radical (unpaired) electrons. The zero-order valence-corrected chi connectivity index (χ0v) is 16.7. The monoisotopic (exact) mass is 405 g/mol. The molecule has 2 aromatic carbocycles. The van der Waals surface area contributed by atoms with Gasteiger partial charge in [-0.3, -0.25) is 14.7 Å². The van der Waals surface area contributed by atoms with Crippen molar-refractivity contribution in [1.82, 2.24) is 9.88 Å². The molecule has 1 saturated heterocycles. The van der Waals surface area contributed by atoms with Crippen LogP contribution in [0.3, 0.4) is 0 Å². The van der Waals surface area contributed by atoms with Crippen molar-refractivity contribution in [2.75, 3.05) is 31.1 Å². The topological polar surface area (TPSA) is 72.0 Å². The molecule has 7 nitrogen and oxygen atoms in total. The van der Waals surface area contributed by atoms with E-state index in [0.717, 1.165) is 16.5 Å². The van der Waals surface area contributed by atoms with Gasteiger partial charge in [-0.15, -0.1) is 0 Å². The van der Waals surface area contributed by atoms with Crippen LogP contribution >= 0.6 is 0 Å². The van der Waals surface area contributed by atoms with Gasteiger partial charge in [0.05, 0.1) is 0 Å². The van der Waals surface area contributed by atoms with Gasteiger partial charge in [0.15, 0.2) is 0 Å². The third kappa shape index (κ3) is 4.41. The molecule has 7 heteroatoms. The van der Waals surface area contributed by atoms with E-state index in [-0.39, 0.29) is 0 Å². The first-order chi connectivity index (χ1) is 14.6. The van der Waals surface area contributed by atoms with Gasteiger partial charge in [-0.25, -0.2) is 4.79 Å². The average Bonchev–Trinajstić information content (AvgIpc) is 2.78. The lowest BCUT2D eigenvalue weighted by Crippen LogP contribution is -2.55. The molecule has 3 aromatic rings. The summed E-state index contributed by atoms with van der Waals surface area (Å²) in [6.45, 7) is 3.82. The first kappa shape index (κ1) is 19.8. The van der Waals surface area contributed by atoms with E-state index in [2.05, 4.69) is 9.88 Å². The predicted octanol–water partition coefficient (Wildman–Crippen LogP) is 2.85. The second kappa shape index (κ2) is 8.92. The number of hydrogen-bond donors (Lipinski definition) is 0. The highest BCUT2D eigenvalue weighted by molar-refractivity contribution is 5.90. The number of benzene rings is 2. The molecule has 0 spiro atoms. The van der Waals surface area contributed by atoms with Gasteiger partial charge >= 0.3 is 11.9 Å². The van der Waals surface area contributed by atoms with E-state index in [4.69, 9.17) is 9.47 Å². The van der Waals surface area contributed by atoms with Crippen LogP contribution in [0, 0.1) is 0 Å². The fraction of sp³-hybridized carbons (Fsp3) is 0.261. The number of ether oxygens (including phenoxy) is 2. The Hall–Kier alpha value is -3.45. The van der Waals surface area contributed by atoms with Gasteiger partial charge in [0.2, 0.25) is 0 Å². The Morgan fingerprint density at radius 2 is 1.63 bits per heavy atom. The maximum Gasteiger partial charge on any atom is 0.370 e. The second-order valence-corrected chi connectivity index (χ2v) is 7.09. The summed E-state index contributed by atoms with van der Waals surface area (Å²) in [6, 6.07) is 17.4. The number of anilines is 1. The molecule has 0 amide bonds. The summed E-state index contributed by atoms with van der Waals surface area (Å²) in [4.78, 5) is 32.3. The third-order valence-electron chi connectivity index (χ3n) is 5.11. The van der Waals surface area contributed by atoms with Gasteiger partial charge in [0.1, 0.15) is 5.75 Å². The molecule has 1 fully saturated rings. The number of aromatic nitrogens is 1. The molecule has 1 atom stereocenters. The molecule has 0 aliphatic carbocycles. The van der Waals surface area contributed by atoms with Gasteiger partial charge in [-0.2, -0.15) is 0 Å². The van der Waals surface area contributed by atoms with Crippen LogP contribution in [0.2, 0.25) is 0 Å². The van der Waals surface area contributed by atoms with Crippen LogP contribution in [0.25, 0.3) is 10.8 Å². The van der Waals surface area contributed by atoms with Crippen molar-refractivity contribution in [3.05, 3.63) is 67.0 Å². The first-order valence-corrected chi connectivity index (χ1v) is 9.87. The minimum absolute atomic E-state index is 0.579. The number of fused-ring (bicyclic) bond motifs is 1. The number of nitrogens with zero attached hydrogens (tertiary/aromatic N) is 3. The number of pyridine rings is 1. The first-order valence-electron chi connectivity index (χ1n) is 9.87. The van der Waals surface area contributed by atoms with E-state index in [1.54, 1.807) is 12.4 Å².